The lowest BCUT2D eigenvalue weighted by Crippen LogP contribution is -2.36. The Morgan fingerprint density at radius 3 is 2.62 bits per heavy atom. The zero-order valence-electron chi connectivity index (χ0n) is 12.0. The summed E-state index contributed by atoms with van der Waals surface area (Å²) in [5.41, 5.74) is -1.75. The van der Waals surface area contributed by atoms with E-state index in [1.165, 1.54) is 4.90 Å². The molecule has 2 rings (SSSR count). The number of carbonyl (C=O) groups is 1. The third-order valence-electron chi connectivity index (χ3n) is 3.03. The molecule has 1 saturated heterocycles. The number of hydrogen-bond acceptors (Lipinski definition) is 4. The maximum atomic E-state index is 12.5. The summed E-state index contributed by atoms with van der Waals surface area (Å²) in [5.74, 6) is 0.0330. The maximum Gasteiger partial charge on any atom is 0.436 e. The van der Waals surface area contributed by atoms with Crippen LogP contribution in [0.2, 0.25) is 0 Å². The maximum absolute atomic E-state index is 12.5. The molecule has 1 aromatic rings. The Morgan fingerprint density at radius 1 is 1.43 bits per heavy atom. The smallest absolute Gasteiger partial charge is 0.436 e. The number of nitrogens with zero attached hydrogens (tertiary/aromatic N) is 2. The highest BCUT2D eigenvalue weighted by molar-refractivity contribution is 5.69. The highest BCUT2D eigenvalue weighted by atomic mass is 19.4. The second-order valence-corrected chi connectivity index (χ2v) is 5.94. The van der Waals surface area contributed by atoms with Gasteiger partial charge in [-0.15, -0.1) is 0 Å². The standard InChI is InChI=1S/C13H17F3N2O3/c1-12(2,3)20-11(19)18-6-4-5-8(18)9-7-10(17-21-9)13(14,15)16/h7-8H,4-6H2,1-3H3. The van der Waals surface area contributed by atoms with Gasteiger partial charge in [-0.25, -0.2) is 4.79 Å². The minimum absolute atomic E-state index is 0.0330. The molecular weight excluding hydrogens is 289 g/mol. The van der Waals surface area contributed by atoms with Gasteiger partial charge in [-0.3, -0.25) is 4.90 Å². The summed E-state index contributed by atoms with van der Waals surface area (Å²) in [5, 5.41) is 3.02. The molecule has 0 aromatic carbocycles. The summed E-state index contributed by atoms with van der Waals surface area (Å²) < 4.78 is 47.6. The number of carbonyl (C=O) groups excluding carboxylic acids is 1. The van der Waals surface area contributed by atoms with Crippen LogP contribution in [0, 0.1) is 0 Å². The van der Waals surface area contributed by atoms with Crippen molar-refractivity contribution >= 4 is 6.09 Å². The van der Waals surface area contributed by atoms with E-state index in [-0.39, 0.29) is 5.76 Å². The summed E-state index contributed by atoms with van der Waals surface area (Å²) in [7, 11) is 0. The monoisotopic (exact) mass is 306 g/mol. The van der Waals surface area contributed by atoms with Crippen LogP contribution in [0.5, 0.6) is 0 Å². The molecule has 2 heterocycles. The fourth-order valence-electron chi connectivity index (χ4n) is 2.18. The number of aromatic nitrogens is 1. The van der Waals surface area contributed by atoms with Crippen molar-refractivity contribution in [2.24, 2.45) is 0 Å². The van der Waals surface area contributed by atoms with Crippen LogP contribution in [-0.4, -0.2) is 28.3 Å². The molecule has 118 valence electrons. The second-order valence-electron chi connectivity index (χ2n) is 5.94. The SMILES string of the molecule is CC(C)(C)OC(=O)N1CCCC1c1cc(C(F)(F)F)no1. The Hall–Kier alpha value is -1.73. The molecule has 1 fully saturated rings. The Labute approximate surface area is 120 Å². The van der Waals surface area contributed by atoms with Gasteiger partial charge in [-0.2, -0.15) is 13.2 Å². The Morgan fingerprint density at radius 2 is 2.10 bits per heavy atom. The molecule has 0 spiro atoms. The Bertz CT molecular complexity index is 519. The first-order valence-electron chi connectivity index (χ1n) is 6.61. The molecule has 5 nitrogen and oxygen atoms in total. The number of hydrogen-bond donors (Lipinski definition) is 0. The zero-order chi connectivity index (χ0) is 15.8. The van der Waals surface area contributed by atoms with Crippen LogP contribution >= 0.6 is 0 Å². The van der Waals surface area contributed by atoms with Crippen molar-refractivity contribution in [3.8, 4) is 0 Å². The predicted molar refractivity (Wildman–Crippen MR) is 66.4 cm³/mol. The number of amides is 1. The van der Waals surface area contributed by atoms with E-state index in [4.69, 9.17) is 9.26 Å². The molecule has 8 heteroatoms. The largest absolute Gasteiger partial charge is 0.444 e. The number of halogens is 3. The van der Waals surface area contributed by atoms with Crippen LogP contribution < -0.4 is 0 Å². The van der Waals surface area contributed by atoms with E-state index in [0.717, 1.165) is 6.07 Å². The van der Waals surface area contributed by atoms with Crippen LogP contribution in [0.15, 0.2) is 10.6 Å². The normalized spacial score (nSPS) is 19.9. The minimum Gasteiger partial charge on any atom is -0.444 e. The Balaban J connectivity index is 2.15. The molecule has 1 aliphatic heterocycles. The lowest BCUT2D eigenvalue weighted by Gasteiger charge is -2.27. The quantitative estimate of drug-likeness (QED) is 0.792. The first-order chi connectivity index (χ1) is 9.58. The van der Waals surface area contributed by atoms with Gasteiger partial charge in [-0.1, -0.05) is 5.16 Å². The van der Waals surface area contributed by atoms with Gasteiger partial charge in [-0.05, 0) is 33.6 Å². The minimum atomic E-state index is -4.56. The molecule has 21 heavy (non-hydrogen) atoms. The van der Waals surface area contributed by atoms with E-state index in [1.807, 2.05) is 0 Å². The summed E-state index contributed by atoms with van der Waals surface area (Å²) in [6, 6.07) is 0.274. The van der Waals surface area contributed by atoms with Crippen LogP contribution in [0.3, 0.4) is 0 Å². The molecule has 0 radical (unpaired) electrons. The van der Waals surface area contributed by atoms with Gasteiger partial charge in [0.2, 0.25) is 0 Å². The van der Waals surface area contributed by atoms with Crippen molar-refractivity contribution < 1.29 is 27.2 Å². The first kappa shape index (κ1) is 15.7. The van der Waals surface area contributed by atoms with Crippen LogP contribution in [-0.2, 0) is 10.9 Å². The Kier molecular flexibility index (Phi) is 3.90. The summed E-state index contributed by atoms with van der Waals surface area (Å²) in [6.07, 6.45) is -3.93. The van der Waals surface area contributed by atoms with Gasteiger partial charge >= 0.3 is 12.3 Å². The van der Waals surface area contributed by atoms with E-state index in [9.17, 15) is 18.0 Å². The molecular formula is C13H17F3N2O3. The molecule has 1 atom stereocenters. The van der Waals surface area contributed by atoms with Crippen molar-refractivity contribution in [3.63, 3.8) is 0 Å². The molecule has 0 saturated carbocycles. The number of ether oxygens (including phenoxy) is 1. The van der Waals surface area contributed by atoms with Crippen molar-refractivity contribution in [3.05, 3.63) is 17.5 Å². The molecule has 0 aliphatic carbocycles. The van der Waals surface area contributed by atoms with Crippen LogP contribution in [0.1, 0.15) is 51.1 Å². The van der Waals surface area contributed by atoms with Gasteiger partial charge in [0.15, 0.2) is 11.5 Å². The fraction of sp³-hybridized carbons (Fsp3) is 0.692. The molecule has 0 bridgehead atoms. The summed E-state index contributed by atoms with van der Waals surface area (Å²) in [6.45, 7) is 5.60. The fourth-order valence-corrected chi connectivity index (χ4v) is 2.18. The third-order valence-corrected chi connectivity index (χ3v) is 3.03. The highest BCUT2D eigenvalue weighted by Gasteiger charge is 2.39. The van der Waals surface area contributed by atoms with Crippen molar-refractivity contribution in [1.82, 2.24) is 10.1 Å². The molecule has 1 aromatic heterocycles. The van der Waals surface area contributed by atoms with Crippen LogP contribution in [0.25, 0.3) is 0 Å². The van der Waals surface area contributed by atoms with Crippen molar-refractivity contribution in [1.29, 1.82) is 0 Å². The van der Waals surface area contributed by atoms with E-state index in [0.29, 0.717) is 19.4 Å². The topological polar surface area (TPSA) is 55.6 Å². The lowest BCUT2D eigenvalue weighted by molar-refractivity contribution is -0.142. The summed E-state index contributed by atoms with van der Waals surface area (Å²) in [4.78, 5) is 13.4. The van der Waals surface area contributed by atoms with Gasteiger partial charge in [0.1, 0.15) is 5.60 Å². The molecule has 0 N–H and O–H groups in total. The number of alkyl halides is 3. The molecule has 1 amide bonds. The molecule has 1 aliphatic rings. The van der Waals surface area contributed by atoms with E-state index in [1.54, 1.807) is 20.8 Å². The second kappa shape index (κ2) is 5.23. The third kappa shape index (κ3) is 3.68. The highest BCUT2D eigenvalue weighted by Crippen LogP contribution is 2.36. The lowest BCUT2D eigenvalue weighted by atomic mass is 10.1. The predicted octanol–water partition coefficient (Wildman–Crippen LogP) is 3.77. The van der Waals surface area contributed by atoms with E-state index in [2.05, 4.69) is 5.16 Å². The average molecular weight is 306 g/mol. The van der Waals surface area contributed by atoms with Crippen molar-refractivity contribution in [2.45, 2.75) is 51.4 Å². The first-order valence-corrected chi connectivity index (χ1v) is 6.61. The van der Waals surface area contributed by atoms with Crippen LogP contribution in [0.4, 0.5) is 18.0 Å². The molecule has 1 unspecified atom stereocenters. The number of likely N-dealkylation sites (tertiary alicyclic amines) is 1. The van der Waals surface area contributed by atoms with Gasteiger partial charge in [0.05, 0.1) is 6.04 Å². The van der Waals surface area contributed by atoms with E-state index < -0.39 is 29.6 Å². The van der Waals surface area contributed by atoms with E-state index >= 15 is 0 Å². The number of rotatable bonds is 1. The summed E-state index contributed by atoms with van der Waals surface area (Å²) >= 11 is 0. The van der Waals surface area contributed by atoms with Gasteiger partial charge in [0, 0.05) is 12.6 Å². The zero-order valence-corrected chi connectivity index (χ0v) is 12.0. The van der Waals surface area contributed by atoms with Crippen molar-refractivity contribution in [2.75, 3.05) is 6.54 Å². The average Bonchev–Trinajstić information content (AvgIpc) is 2.94. The van der Waals surface area contributed by atoms with Gasteiger partial charge < -0.3 is 9.26 Å². The van der Waals surface area contributed by atoms with Gasteiger partial charge in [0.25, 0.3) is 0 Å².